The first kappa shape index (κ1) is 15.4. The van der Waals surface area contributed by atoms with Crippen molar-refractivity contribution in [3.8, 4) is 11.5 Å². The Bertz CT molecular complexity index is 584. The minimum atomic E-state index is -0.411. The van der Waals surface area contributed by atoms with Crippen LogP contribution < -0.4 is 14.8 Å². The third kappa shape index (κ3) is 2.13. The Hall–Kier alpha value is -1.52. The zero-order valence-electron chi connectivity index (χ0n) is 13.6. The van der Waals surface area contributed by atoms with Crippen LogP contribution >= 0.6 is 0 Å². The fourth-order valence-electron chi connectivity index (χ4n) is 3.87. The predicted octanol–water partition coefficient (Wildman–Crippen LogP) is 2.53. The summed E-state index contributed by atoms with van der Waals surface area (Å²) in [7, 11) is 1.68. The second-order valence-electron chi connectivity index (χ2n) is 5.87. The van der Waals surface area contributed by atoms with Gasteiger partial charge in [-0.15, -0.1) is 0 Å². The van der Waals surface area contributed by atoms with Gasteiger partial charge in [-0.3, -0.25) is 0 Å². The Kier molecular flexibility index (Phi) is 4.15. The molecule has 0 bridgehead atoms. The molecule has 3 aliphatic rings. The van der Waals surface area contributed by atoms with Crippen LogP contribution in [0.25, 0.3) is 0 Å². The first-order valence-electron chi connectivity index (χ1n) is 8.20. The van der Waals surface area contributed by atoms with Crippen molar-refractivity contribution in [2.24, 2.45) is 0 Å². The van der Waals surface area contributed by atoms with Crippen molar-refractivity contribution >= 4 is 0 Å². The molecule has 4 rings (SSSR count). The van der Waals surface area contributed by atoms with Gasteiger partial charge in [-0.2, -0.15) is 0 Å². The maximum Gasteiger partial charge on any atom is 0.166 e. The van der Waals surface area contributed by atoms with Gasteiger partial charge in [-0.25, -0.2) is 0 Å². The Labute approximate surface area is 132 Å². The molecule has 1 aromatic carbocycles. The van der Waals surface area contributed by atoms with Crippen LogP contribution in [0.15, 0.2) is 24.3 Å². The molecule has 120 valence electrons. The molecule has 22 heavy (non-hydrogen) atoms. The fraction of sp³-hybridized carbons (Fsp3) is 0.556. The summed E-state index contributed by atoms with van der Waals surface area (Å²) in [5.74, 6) is 1.67. The van der Waals surface area contributed by atoms with Gasteiger partial charge < -0.3 is 19.9 Å². The number of aliphatic hydroxyl groups is 1. The maximum absolute atomic E-state index is 9.92. The average Bonchev–Trinajstić information content (AvgIpc) is 2.76. The molecule has 3 atom stereocenters. The number of hydrogen-bond acceptors (Lipinski definition) is 4. The van der Waals surface area contributed by atoms with E-state index in [4.69, 9.17) is 9.47 Å². The van der Waals surface area contributed by atoms with E-state index in [2.05, 4.69) is 17.5 Å². The summed E-state index contributed by atoms with van der Waals surface area (Å²) in [6.45, 7) is 5.82. The van der Waals surface area contributed by atoms with Gasteiger partial charge in [0.15, 0.2) is 11.5 Å². The first-order chi connectivity index (χ1) is 10.7. The number of benzene rings is 1. The van der Waals surface area contributed by atoms with E-state index in [1.807, 2.05) is 26.0 Å². The molecule has 2 N–H and O–H groups in total. The maximum atomic E-state index is 9.92. The zero-order valence-corrected chi connectivity index (χ0v) is 13.6. The van der Waals surface area contributed by atoms with Gasteiger partial charge in [-0.05, 0) is 24.6 Å². The largest absolute Gasteiger partial charge is 0.493 e. The van der Waals surface area contributed by atoms with Crippen LogP contribution in [0.2, 0.25) is 0 Å². The SMILES string of the molecule is CC.COc1ccc2c3c1O[C@H]1C[C@@H](O)C=C[C@@]31CCNC2. The normalized spacial score (nSPS) is 31.1. The highest BCUT2D eigenvalue weighted by atomic mass is 16.5. The van der Waals surface area contributed by atoms with Crippen LogP contribution in [0.3, 0.4) is 0 Å². The van der Waals surface area contributed by atoms with E-state index in [-0.39, 0.29) is 11.5 Å². The lowest BCUT2D eigenvalue weighted by Gasteiger charge is -2.35. The van der Waals surface area contributed by atoms with Gasteiger partial charge >= 0.3 is 0 Å². The average molecular weight is 303 g/mol. The minimum absolute atomic E-state index is 0.00690. The summed E-state index contributed by atoms with van der Waals surface area (Å²) in [5, 5.41) is 13.4. The zero-order chi connectivity index (χ0) is 15.7. The van der Waals surface area contributed by atoms with Crippen molar-refractivity contribution in [2.75, 3.05) is 13.7 Å². The molecular formula is C18H25NO3. The first-order valence-corrected chi connectivity index (χ1v) is 8.20. The third-order valence-electron chi connectivity index (χ3n) is 4.83. The van der Waals surface area contributed by atoms with Crippen LogP contribution in [0.5, 0.6) is 11.5 Å². The van der Waals surface area contributed by atoms with Crippen LogP contribution in [0.4, 0.5) is 0 Å². The molecule has 0 fully saturated rings. The lowest BCUT2D eigenvalue weighted by atomic mass is 9.69. The molecule has 4 nitrogen and oxygen atoms in total. The van der Waals surface area contributed by atoms with Gasteiger partial charge in [0, 0.05) is 18.5 Å². The van der Waals surface area contributed by atoms with Crippen molar-refractivity contribution in [1.82, 2.24) is 5.32 Å². The highest BCUT2D eigenvalue weighted by Gasteiger charge is 2.52. The van der Waals surface area contributed by atoms with Crippen LogP contribution in [-0.4, -0.2) is 31.0 Å². The molecule has 4 heteroatoms. The summed E-state index contributed by atoms with van der Waals surface area (Å²) in [4.78, 5) is 0. The van der Waals surface area contributed by atoms with Gasteiger partial charge in [0.25, 0.3) is 0 Å². The van der Waals surface area contributed by atoms with Crippen molar-refractivity contribution in [2.45, 2.75) is 50.9 Å². The Morgan fingerprint density at radius 3 is 2.95 bits per heavy atom. The van der Waals surface area contributed by atoms with Crippen molar-refractivity contribution in [1.29, 1.82) is 0 Å². The molecule has 0 unspecified atom stereocenters. The molecule has 0 saturated heterocycles. The second kappa shape index (κ2) is 5.94. The lowest BCUT2D eigenvalue weighted by Crippen LogP contribution is -2.42. The second-order valence-corrected chi connectivity index (χ2v) is 5.87. The summed E-state index contributed by atoms with van der Waals surface area (Å²) < 4.78 is 11.7. The number of methoxy groups -OCH3 is 1. The minimum Gasteiger partial charge on any atom is -0.493 e. The Morgan fingerprint density at radius 1 is 1.36 bits per heavy atom. The molecule has 2 heterocycles. The third-order valence-corrected chi connectivity index (χ3v) is 4.83. The number of rotatable bonds is 1. The van der Waals surface area contributed by atoms with E-state index in [1.165, 1.54) is 11.1 Å². The monoisotopic (exact) mass is 303 g/mol. The molecule has 0 amide bonds. The quantitative estimate of drug-likeness (QED) is 0.783. The predicted molar refractivity (Wildman–Crippen MR) is 86.5 cm³/mol. The number of aliphatic hydroxyl groups excluding tert-OH is 1. The van der Waals surface area contributed by atoms with Crippen LogP contribution in [0, 0.1) is 0 Å². The highest BCUT2D eigenvalue weighted by Crippen LogP contribution is 2.55. The molecule has 0 saturated carbocycles. The van der Waals surface area contributed by atoms with E-state index in [0.717, 1.165) is 31.0 Å². The number of ether oxygens (including phenoxy) is 2. The molecule has 0 radical (unpaired) electrons. The lowest BCUT2D eigenvalue weighted by molar-refractivity contribution is 0.0851. The topological polar surface area (TPSA) is 50.7 Å². The summed E-state index contributed by atoms with van der Waals surface area (Å²) in [6.07, 6.45) is 5.32. The van der Waals surface area contributed by atoms with Gasteiger partial charge in [0.1, 0.15) is 6.10 Å². The summed E-state index contributed by atoms with van der Waals surface area (Å²) in [6, 6.07) is 4.11. The number of hydrogen-bond donors (Lipinski definition) is 2. The molecule has 0 aromatic heterocycles. The molecule has 1 spiro atoms. The van der Waals surface area contributed by atoms with Gasteiger partial charge in [0.2, 0.25) is 0 Å². The van der Waals surface area contributed by atoms with Crippen molar-refractivity contribution in [3.05, 3.63) is 35.4 Å². The van der Waals surface area contributed by atoms with Gasteiger partial charge in [-0.1, -0.05) is 32.1 Å². The van der Waals surface area contributed by atoms with E-state index in [0.29, 0.717) is 6.42 Å². The van der Waals surface area contributed by atoms with E-state index in [1.54, 1.807) is 7.11 Å². The van der Waals surface area contributed by atoms with E-state index >= 15 is 0 Å². The van der Waals surface area contributed by atoms with Crippen LogP contribution in [0.1, 0.15) is 37.8 Å². The van der Waals surface area contributed by atoms with Crippen molar-refractivity contribution < 1.29 is 14.6 Å². The molecule has 1 aliphatic carbocycles. The standard InChI is InChI=1S/C16H19NO3.C2H6/c1-19-12-3-2-10-9-17-7-6-16-5-4-11(18)8-13(16)20-15(12)14(10)16;1-2/h2-5,11,13,17-18H,6-9H2,1H3;1-2H3/t11-,13-,16-;/m0./s1. The summed E-state index contributed by atoms with van der Waals surface area (Å²) in [5.41, 5.74) is 2.43. The molecule has 2 aliphatic heterocycles. The van der Waals surface area contributed by atoms with E-state index in [9.17, 15) is 5.11 Å². The van der Waals surface area contributed by atoms with Crippen molar-refractivity contribution in [3.63, 3.8) is 0 Å². The smallest absolute Gasteiger partial charge is 0.166 e. The van der Waals surface area contributed by atoms with Gasteiger partial charge in [0.05, 0.1) is 18.6 Å². The Morgan fingerprint density at radius 2 is 2.18 bits per heavy atom. The molecule has 1 aromatic rings. The fourth-order valence-corrected chi connectivity index (χ4v) is 3.87. The Balaban J connectivity index is 0.000000693. The van der Waals surface area contributed by atoms with Crippen LogP contribution in [-0.2, 0) is 12.0 Å². The number of nitrogens with one attached hydrogen (secondary N) is 1. The molecular weight excluding hydrogens is 278 g/mol. The highest BCUT2D eigenvalue weighted by molar-refractivity contribution is 5.60. The summed E-state index contributed by atoms with van der Waals surface area (Å²) >= 11 is 0. The van der Waals surface area contributed by atoms with E-state index < -0.39 is 6.10 Å².